The Morgan fingerprint density at radius 2 is 1.24 bits per heavy atom. The number of hydrogen-bond donors (Lipinski definition) is 2. The second kappa shape index (κ2) is 7.88. The van der Waals surface area contributed by atoms with Crippen LogP contribution in [0.3, 0.4) is 0 Å². The Morgan fingerprint density at radius 3 is 2.00 bits per heavy atom. The molecular weight excluding hydrogens is 406 g/mol. The van der Waals surface area contributed by atoms with E-state index in [0.717, 1.165) is 55.9 Å². The topological polar surface area (TPSA) is 49.2 Å². The molecule has 0 saturated heterocycles. The molecule has 0 aliphatic heterocycles. The smallest absolute Gasteiger partial charge is 0.142 e. The molecule has 6 rings (SSSR count). The number of phenols is 1. The maximum atomic E-state index is 10.7. The molecule has 0 unspecified atom stereocenters. The van der Waals surface area contributed by atoms with Crippen molar-refractivity contribution >= 4 is 10.9 Å². The van der Waals surface area contributed by atoms with Crippen molar-refractivity contribution in [1.82, 2.24) is 4.98 Å². The molecule has 0 amide bonds. The minimum atomic E-state index is 0.235. The summed E-state index contributed by atoms with van der Waals surface area (Å²) in [6, 6.07) is 38.0. The molecule has 0 bridgehead atoms. The van der Waals surface area contributed by atoms with Crippen LogP contribution in [0.5, 0.6) is 5.75 Å². The van der Waals surface area contributed by atoms with Gasteiger partial charge in [-0.15, -0.1) is 0 Å². The molecule has 0 aliphatic rings. The van der Waals surface area contributed by atoms with Crippen LogP contribution in [-0.4, -0.2) is 10.1 Å². The van der Waals surface area contributed by atoms with Crippen LogP contribution in [-0.2, 0) is 0 Å². The Morgan fingerprint density at radius 1 is 0.606 bits per heavy atom. The van der Waals surface area contributed by atoms with Crippen LogP contribution in [0.25, 0.3) is 55.9 Å². The molecule has 0 saturated carbocycles. The van der Waals surface area contributed by atoms with Gasteiger partial charge in [0.25, 0.3) is 0 Å². The molecule has 0 radical (unpaired) electrons. The van der Waals surface area contributed by atoms with Crippen LogP contribution < -0.4 is 0 Å². The van der Waals surface area contributed by atoms with Gasteiger partial charge in [0.1, 0.15) is 17.3 Å². The highest BCUT2D eigenvalue weighted by Crippen LogP contribution is 2.47. The van der Waals surface area contributed by atoms with Crippen LogP contribution in [0.2, 0.25) is 0 Å². The maximum Gasteiger partial charge on any atom is 0.142 e. The van der Waals surface area contributed by atoms with Crippen molar-refractivity contribution in [3.05, 3.63) is 115 Å². The second-order valence-electron chi connectivity index (χ2n) is 8.02. The molecule has 2 N–H and O–H groups in total. The summed E-state index contributed by atoms with van der Waals surface area (Å²) in [5.41, 5.74) is 6.64. The van der Waals surface area contributed by atoms with Gasteiger partial charge in [-0.25, -0.2) is 0 Å². The normalized spacial score (nSPS) is 11.2. The zero-order valence-corrected chi connectivity index (χ0v) is 17.8. The maximum absolute atomic E-state index is 10.7. The number of nitrogens with one attached hydrogen (secondary N) is 1. The van der Waals surface area contributed by atoms with Crippen LogP contribution in [0.4, 0.5) is 0 Å². The van der Waals surface area contributed by atoms with Crippen molar-refractivity contribution in [1.29, 1.82) is 0 Å². The Labute approximate surface area is 191 Å². The monoisotopic (exact) mass is 427 g/mol. The zero-order valence-electron chi connectivity index (χ0n) is 17.8. The summed E-state index contributed by atoms with van der Waals surface area (Å²) >= 11 is 0. The lowest BCUT2D eigenvalue weighted by molar-refractivity contribution is 0.477. The number of furan rings is 1. The summed E-state index contributed by atoms with van der Waals surface area (Å²) in [4.78, 5) is 3.55. The molecule has 2 heterocycles. The van der Waals surface area contributed by atoms with Crippen molar-refractivity contribution in [2.24, 2.45) is 0 Å². The number of rotatable bonds is 4. The van der Waals surface area contributed by atoms with Gasteiger partial charge in [-0.1, -0.05) is 91.0 Å². The molecule has 4 aromatic carbocycles. The first kappa shape index (κ1) is 19.2. The summed E-state index contributed by atoms with van der Waals surface area (Å²) in [5, 5.41) is 11.8. The summed E-state index contributed by atoms with van der Waals surface area (Å²) in [7, 11) is 0. The first-order chi connectivity index (χ1) is 16.3. The fourth-order valence-electron chi connectivity index (χ4n) is 4.43. The number of para-hydroxylation sites is 2. The van der Waals surface area contributed by atoms with Gasteiger partial charge in [-0.05, 0) is 24.3 Å². The minimum Gasteiger partial charge on any atom is -0.507 e. The molecular formula is C30H21NO2. The summed E-state index contributed by atoms with van der Waals surface area (Å²) in [6.45, 7) is 0. The molecule has 33 heavy (non-hydrogen) atoms. The zero-order chi connectivity index (χ0) is 22.2. The molecule has 3 heteroatoms. The molecule has 158 valence electrons. The van der Waals surface area contributed by atoms with E-state index in [2.05, 4.69) is 47.4 Å². The van der Waals surface area contributed by atoms with Gasteiger partial charge in [0.15, 0.2) is 0 Å². The van der Waals surface area contributed by atoms with Crippen molar-refractivity contribution in [3.8, 4) is 50.8 Å². The van der Waals surface area contributed by atoms with Gasteiger partial charge in [-0.3, -0.25) is 0 Å². The molecule has 0 fully saturated rings. The lowest BCUT2D eigenvalue weighted by Gasteiger charge is -2.08. The van der Waals surface area contributed by atoms with Crippen molar-refractivity contribution < 1.29 is 9.52 Å². The van der Waals surface area contributed by atoms with Gasteiger partial charge in [-0.2, -0.15) is 0 Å². The van der Waals surface area contributed by atoms with Gasteiger partial charge in [0.05, 0.1) is 5.69 Å². The molecule has 0 atom stereocenters. The fraction of sp³-hybridized carbons (Fsp3) is 0. The highest BCUT2D eigenvalue weighted by Gasteiger charge is 2.23. The Balaban J connectivity index is 1.69. The predicted molar refractivity (Wildman–Crippen MR) is 134 cm³/mol. The van der Waals surface area contributed by atoms with E-state index in [0.29, 0.717) is 0 Å². The average molecular weight is 428 g/mol. The van der Waals surface area contributed by atoms with E-state index >= 15 is 0 Å². The van der Waals surface area contributed by atoms with Crippen LogP contribution >= 0.6 is 0 Å². The largest absolute Gasteiger partial charge is 0.507 e. The number of H-pyrrole nitrogens is 1. The van der Waals surface area contributed by atoms with Gasteiger partial charge >= 0.3 is 0 Å². The summed E-state index contributed by atoms with van der Waals surface area (Å²) in [6.07, 6.45) is 0. The third-order valence-corrected chi connectivity index (χ3v) is 5.98. The molecule has 6 aromatic rings. The van der Waals surface area contributed by atoms with Gasteiger partial charge in [0.2, 0.25) is 0 Å². The van der Waals surface area contributed by atoms with Crippen LogP contribution in [0, 0.1) is 0 Å². The SMILES string of the molecule is Oc1ccccc1-c1[nH]c2ccccc2c1-c1cc(-c2ccccc2)oc1-c1ccccc1. The summed E-state index contributed by atoms with van der Waals surface area (Å²) in [5.74, 6) is 1.84. The minimum absolute atomic E-state index is 0.235. The lowest BCUT2D eigenvalue weighted by atomic mass is 9.95. The van der Waals surface area contributed by atoms with E-state index in [9.17, 15) is 5.11 Å². The Kier molecular flexibility index (Phi) is 4.59. The molecule has 3 nitrogen and oxygen atoms in total. The number of fused-ring (bicyclic) bond motifs is 1. The highest BCUT2D eigenvalue weighted by molar-refractivity contribution is 6.07. The Bertz CT molecular complexity index is 1560. The first-order valence-electron chi connectivity index (χ1n) is 10.9. The van der Waals surface area contributed by atoms with E-state index in [1.165, 1.54) is 0 Å². The second-order valence-corrected chi connectivity index (χ2v) is 8.02. The quantitative estimate of drug-likeness (QED) is 0.298. The van der Waals surface area contributed by atoms with E-state index in [1.807, 2.05) is 66.7 Å². The average Bonchev–Trinajstić information content (AvgIpc) is 3.47. The van der Waals surface area contributed by atoms with Crippen LogP contribution in [0.1, 0.15) is 0 Å². The third-order valence-electron chi connectivity index (χ3n) is 5.98. The molecule has 2 aromatic heterocycles. The van der Waals surface area contributed by atoms with E-state index in [-0.39, 0.29) is 5.75 Å². The number of aromatic hydroxyl groups is 1. The first-order valence-corrected chi connectivity index (χ1v) is 10.9. The van der Waals surface area contributed by atoms with Crippen LogP contribution in [0.15, 0.2) is 120 Å². The molecule has 0 aliphatic carbocycles. The molecule has 0 spiro atoms. The predicted octanol–water partition coefficient (Wildman–Crippen LogP) is 8.13. The van der Waals surface area contributed by atoms with Crippen molar-refractivity contribution in [3.63, 3.8) is 0 Å². The number of hydrogen-bond acceptors (Lipinski definition) is 2. The number of phenolic OH excluding ortho intramolecular Hbond substituents is 1. The fourth-order valence-corrected chi connectivity index (χ4v) is 4.43. The van der Waals surface area contributed by atoms with E-state index in [1.54, 1.807) is 6.07 Å². The highest BCUT2D eigenvalue weighted by atomic mass is 16.3. The lowest BCUT2D eigenvalue weighted by Crippen LogP contribution is -1.85. The van der Waals surface area contributed by atoms with E-state index in [4.69, 9.17) is 4.42 Å². The van der Waals surface area contributed by atoms with Gasteiger partial charge in [0, 0.05) is 38.7 Å². The summed E-state index contributed by atoms with van der Waals surface area (Å²) < 4.78 is 6.50. The van der Waals surface area contributed by atoms with Crippen molar-refractivity contribution in [2.75, 3.05) is 0 Å². The van der Waals surface area contributed by atoms with E-state index < -0.39 is 0 Å². The standard InChI is InChI=1S/C30H21NO2/c32-26-18-10-8-16-23(26)29-28(22-15-7-9-17-25(22)31-29)24-19-27(20-11-3-1-4-12-20)33-30(24)21-13-5-2-6-14-21/h1-19,31-32H. The number of aromatic amines is 1. The Hall–Kier alpha value is -4.50. The number of aromatic nitrogens is 1. The number of benzene rings is 4. The third kappa shape index (κ3) is 3.31. The van der Waals surface area contributed by atoms with Gasteiger partial charge < -0.3 is 14.5 Å². The van der Waals surface area contributed by atoms with Crippen molar-refractivity contribution in [2.45, 2.75) is 0 Å².